The zero-order valence-corrected chi connectivity index (χ0v) is 12.5. The molecule has 1 aromatic rings. The van der Waals surface area contributed by atoms with Crippen molar-refractivity contribution in [3.8, 4) is 0 Å². The summed E-state index contributed by atoms with van der Waals surface area (Å²) in [6.45, 7) is 0.00149. The molecule has 8 heteroatoms. The highest BCUT2D eigenvalue weighted by Crippen LogP contribution is 2.29. The molecule has 20 heavy (non-hydrogen) atoms. The van der Waals surface area contributed by atoms with E-state index in [1.807, 2.05) is 0 Å². The van der Waals surface area contributed by atoms with E-state index in [-0.39, 0.29) is 17.2 Å². The molecule has 0 saturated heterocycles. The lowest BCUT2D eigenvalue weighted by Crippen LogP contribution is -2.40. The number of sulfonamides is 1. The molecule has 0 aliphatic heterocycles. The van der Waals surface area contributed by atoms with Crippen LogP contribution >= 0.6 is 11.3 Å². The van der Waals surface area contributed by atoms with Crippen LogP contribution in [0, 0.1) is 0 Å². The molecule has 0 atom stereocenters. The summed E-state index contributed by atoms with van der Waals surface area (Å²) in [7, 11) is -3.69. The molecule has 112 valence electrons. The lowest BCUT2D eigenvalue weighted by Gasteiger charge is -2.21. The average molecular weight is 319 g/mol. The molecule has 6 nitrogen and oxygen atoms in total. The van der Waals surface area contributed by atoms with E-state index in [0.717, 1.165) is 24.2 Å². The fourth-order valence-corrected chi connectivity index (χ4v) is 4.77. The molecule has 1 aromatic heterocycles. The minimum Gasteiger partial charge on any atom is -0.481 e. The van der Waals surface area contributed by atoms with Gasteiger partial charge in [-0.25, -0.2) is 13.1 Å². The summed E-state index contributed by atoms with van der Waals surface area (Å²) in [6, 6.07) is 2.89. The first kappa shape index (κ1) is 15.4. The van der Waals surface area contributed by atoms with Crippen LogP contribution in [0.2, 0.25) is 0 Å². The number of hydrogen-bond donors (Lipinski definition) is 3. The zero-order chi connectivity index (χ0) is 14.8. The molecule has 0 amide bonds. The second-order valence-electron chi connectivity index (χ2n) is 5.05. The van der Waals surface area contributed by atoms with E-state index in [9.17, 15) is 18.3 Å². The zero-order valence-electron chi connectivity index (χ0n) is 10.8. The van der Waals surface area contributed by atoms with Crippen molar-refractivity contribution in [3.63, 3.8) is 0 Å². The van der Waals surface area contributed by atoms with E-state index in [2.05, 4.69) is 4.72 Å². The molecule has 3 N–H and O–H groups in total. The molecular formula is C12H17NO5S2. The molecule has 1 aliphatic rings. The first-order valence-corrected chi connectivity index (χ1v) is 8.63. The average Bonchev–Trinajstić information content (AvgIpc) is 2.97. The van der Waals surface area contributed by atoms with Crippen LogP contribution in [0.25, 0.3) is 0 Å². The van der Waals surface area contributed by atoms with Crippen molar-refractivity contribution >= 4 is 27.3 Å². The van der Waals surface area contributed by atoms with Crippen LogP contribution in [0.15, 0.2) is 16.3 Å². The third kappa shape index (κ3) is 3.78. The van der Waals surface area contributed by atoms with Gasteiger partial charge >= 0.3 is 5.97 Å². The lowest BCUT2D eigenvalue weighted by molar-refractivity contribution is -0.136. The van der Waals surface area contributed by atoms with Crippen molar-refractivity contribution in [2.45, 2.75) is 41.9 Å². The Bertz CT molecular complexity index is 587. The molecule has 0 spiro atoms. The summed E-state index contributed by atoms with van der Waals surface area (Å²) in [6.07, 6.45) is 2.82. The van der Waals surface area contributed by atoms with Crippen molar-refractivity contribution in [1.82, 2.24) is 4.72 Å². The minimum absolute atomic E-state index is 0.00149. The normalized spacial score (nSPS) is 18.2. The smallest absolute Gasteiger partial charge is 0.308 e. The second kappa shape index (κ2) is 5.80. The van der Waals surface area contributed by atoms with Crippen LogP contribution in [-0.2, 0) is 21.2 Å². The molecule has 0 bridgehead atoms. The van der Waals surface area contributed by atoms with Gasteiger partial charge in [0, 0.05) is 11.4 Å². The van der Waals surface area contributed by atoms with Crippen LogP contribution in [-0.4, -0.2) is 36.7 Å². The number of nitrogens with one attached hydrogen (secondary N) is 1. The maximum Gasteiger partial charge on any atom is 0.308 e. The van der Waals surface area contributed by atoms with Gasteiger partial charge in [0.25, 0.3) is 0 Å². The monoisotopic (exact) mass is 319 g/mol. The molecule has 1 heterocycles. The van der Waals surface area contributed by atoms with Crippen molar-refractivity contribution in [1.29, 1.82) is 0 Å². The molecule has 2 rings (SSSR count). The summed E-state index contributed by atoms with van der Waals surface area (Å²) in [4.78, 5) is 11.1. The van der Waals surface area contributed by atoms with Gasteiger partial charge in [0.05, 0.1) is 12.0 Å². The van der Waals surface area contributed by atoms with Gasteiger partial charge in [0.2, 0.25) is 10.0 Å². The Labute approximate surface area is 121 Å². The van der Waals surface area contributed by atoms with Crippen molar-refractivity contribution in [3.05, 3.63) is 17.0 Å². The Kier molecular flexibility index (Phi) is 4.48. The third-order valence-electron chi connectivity index (χ3n) is 3.35. The van der Waals surface area contributed by atoms with Gasteiger partial charge in [-0.3, -0.25) is 4.79 Å². The highest BCUT2D eigenvalue weighted by atomic mass is 32.2. The summed E-state index contributed by atoms with van der Waals surface area (Å²) >= 11 is 0.937. The van der Waals surface area contributed by atoms with Crippen LogP contribution in [0.1, 0.15) is 30.6 Å². The van der Waals surface area contributed by atoms with Crippen LogP contribution in [0.3, 0.4) is 0 Å². The highest BCUT2D eigenvalue weighted by molar-refractivity contribution is 7.91. The fourth-order valence-electron chi connectivity index (χ4n) is 2.26. The summed E-state index contributed by atoms with van der Waals surface area (Å²) in [5, 5.41) is 18.8. The van der Waals surface area contributed by atoms with Crippen molar-refractivity contribution in [2.24, 2.45) is 0 Å². The molecule has 1 aliphatic carbocycles. The molecule has 0 aromatic carbocycles. The van der Waals surface area contributed by atoms with Gasteiger partial charge in [-0.2, -0.15) is 0 Å². The van der Waals surface area contributed by atoms with Gasteiger partial charge < -0.3 is 10.2 Å². The maximum absolute atomic E-state index is 12.1. The fraction of sp³-hybridized carbons (Fsp3) is 0.583. The van der Waals surface area contributed by atoms with Crippen molar-refractivity contribution in [2.75, 3.05) is 6.54 Å². The predicted octanol–water partition coefficient (Wildman–Crippen LogP) is 0.959. The number of carboxylic acid groups (broad SMARTS) is 1. The number of carbonyl (C=O) groups is 1. The predicted molar refractivity (Wildman–Crippen MR) is 74.3 cm³/mol. The van der Waals surface area contributed by atoms with E-state index in [1.54, 1.807) is 0 Å². The third-order valence-corrected chi connectivity index (χ3v) is 6.33. The maximum atomic E-state index is 12.1. The number of hydrogen-bond acceptors (Lipinski definition) is 5. The topological polar surface area (TPSA) is 104 Å². The lowest BCUT2D eigenvalue weighted by atomic mass is 10.0. The van der Waals surface area contributed by atoms with Gasteiger partial charge in [-0.1, -0.05) is 12.8 Å². The summed E-state index contributed by atoms with van der Waals surface area (Å²) < 4.78 is 26.6. The Morgan fingerprint density at radius 2 is 2.00 bits per heavy atom. The molecule has 0 radical (unpaired) electrons. The second-order valence-corrected chi connectivity index (χ2v) is 8.21. The van der Waals surface area contributed by atoms with Gasteiger partial charge in [-0.05, 0) is 25.0 Å². The first-order chi connectivity index (χ1) is 9.31. The van der Waals surface area contributed by atoms with Gasteiger partial charge in [-0.15, -0.1) is 11.3 Å². The highest BCUT2D eigenvalue weighted by Gasteiger charge is 2.32. The number of aliphatic carboxylic acids is 1. The number of rotatable bonds is 6. The molecule has 1 saturated carbocycles. The Morgan fingerprint density at radius 3 is 2.60 bits per heavy atom. The van der Waals surface area contributed by atoms with Crippen LogP contribution < -0.4 is 4.72 Å². The largest absolute Gasteiger partial charge is 0.481 e. The molecule has 0 unspecified atom stereocenters. The van der Waals surface area contributed by atoms with E-state index in [0.29, 0.717) is 17.7 Å². The van der Waals surface area contributed by atoms with Crippen LogP contribution in [0.5, 0.6) is 0 Å². The number of aliphatic hydroxyl groups is 1. The van der Waals surface area contributed by atoms with E-state index < -0.39 is 21.6 Å². The number of carboxylic acids is 1. The van der Waals surface area contributed by atoms with Gasteiger partial charge in [0.1, 0.15) is 4.21 Å². The Hall–Kier alpha value is -0.960. The van der Waals surface area contributed by atoms with E-state index in [4.69, 9.17) is 5.11 Å². The number of thiophene rings is 1. The minimum atomic E-state index is -3.69. The quantitative estimate of drug-likeness (QED) is 0.724. The standard InChI is InChI=1S/C12H17NO5S2/c14-10(15)7-9-3-4-11(19-9)20(17,18)13-8-12(16)5-1-2-6-12/h3-4,13,16H,1-2,5-8H2,(H,14,15). The van der Waals surface area contributed by atoms with Crippen LogP contribution in [0.4, 0.5) is 0 Å². The Morgan fingerprint density at radius 1 is 1.35 bits per heavy atom. The van der Waals surface area contributed by atoms with E-state index in [1.165, 1.54) is 12.1 Å². The first-order valence-electron chi connectivity index (χ1n) is 6.33. The Balaban J connectivity index is 2.02. The molecular weight excluding hydrogens is 302 g/mol. The van der Waals surface area contributed by atoms with Gasteiger partial charge in [0.15, 0.2) is 0 Å². The molecule has 1 fully saturated rings. The van der Waals surface area contributed by atoms with Crippen molar-refractivity contribution < 1.29 is 23.4 Å². The summed E-state index contributed by atoms with van der Waals surface area (Å²) in [5.74, 6) is -0.996. The van der Waals surface area contributed by atoms with E-state index >= 15 is 0 Å². The summed E-state index contributed by atoms with van der Waals surface area (Å²) in [5.41, 5.74) is -0.950. The SMILES string of the molecule is O=C(O)Cc1ccc(S(=O)(=O)NCC2(O)CCCC2)s1.